The SMILES string of the molecule is C#CC[C@@H](O)[C@@H](OCCCOCc1ccccc1)[C@H](O)C=C. The predicted octanol–water partition coefficient (Wildman–Crippen LogP) is 1.91. The van der Waals surface area contributed by atoms with Crippen LogP contribution in [0.25, 0.3) is 0 Å². The van der Waals surface area contributed by atoms with Crippen molar-refractivity contribution in [1.82, 2.24) is 0 Å². The van der Waals surface area contributed by atoms with Crippen LogP contribution in [-0.4, -0.2) is 41.7 Å². The van der Waals surface area contributed by atoms with Gasteiger partial charge in [-0.15, -0.1) is 18.9 Å². The molecular formula is C18H24O4. The van der Waals surface area contributed by atoms with Crippen molar-refractivity contribution in [3.05, 3.63) is 48.6 Å². The van der Waals surface area contributed by atoms with Crippen molar-refractivity contribution in [2.75, 3.05) is 13.2 Å². The van der Waals surface area contributed by atoms with Crippen LogP contribution >= 0.6 is 0 Å². The molecule has 1 aromatic rings. The highest BCUT2D eigenvalue weighted by atomic mass is 16.5. The zero-order valence-electron chi connectivity index (χ0n) is 12.7. The van der Waals surface area contributed by atoms with Crippen LogP contribution in [-0.2, 0) is 16.1 Å². The maximum atomic E-state index is 9.86. The molecule has 0 amide bonds. The predicted molar refractivity (Wildman–Crippen MR) is 86.1 cm³/mol. The molecule has 0 aromatic heterocycles. The van der Waals surface area contributed by atoms with E-state index in [0.717, 1.165) is 5.56 Å². The van der Waals surface area contributed by atoms with Crippen molar-refractivity contribution in [1.29, 1.82) is 0 Å². The summed E-state index contributed by atoms with van der Waals surface area (Å²) in [5, 5.41) is 19.6. The van der Waals surface area contributed by atoms with Crippen LogP contribution in [0.2, 0.25) is 0 Å². The van der Waals surface area contributed by atoms with Crippen LogP contribution in [0.15, 0.2) is 43.0 Å². The second kappa shape index (κ2) is 11.0. The summed E-state index contributed by atoms with van der Waals surface area (Å²) in [6.07, 6.45) is 4.66. The fraction of sp³-hybridized carbons (Fsp3) is 0.444. The Kier molecular flexibility index (Phi) is 9.20. The molecule has 4 heteroatoms. The Morgan fingerprint density at radius 1 is 1.23 bits per heavy atom. The maximum Gasteiger partial charge on any atom is 0.114 e. The molecule has 0 bridgehead atoms. The number of aliphatic hydroxyl groups excluding tert-OH is 2. The lowest BCUT2D eigenvalue weighted by Crippen LogP contribution is -2.39. The lowest BCUT2D eigenvalue weighted by Gasteiger charge is -2.25. The largest absolute Gasteiger partial charge is 0.389 e. The number of ether oxygens (including phenoxy) is 2. The molecule has 22 heavy (non-hydrogen) atoms. The van der Waals surface area contributed by atoms with E-state index in [1.165, 1.54) is 6.08 Å². The second-order valence-electron chi connectivity index (χ2n) is 4.93. The third kappa shape index (κ3) is 6.88. The quantitative estimate of drug-likeness (QED) is 0.372. The summed E-state index contributed by atoms with van der Waals surface area (Å²) in [4.78, 5) is 0. The fourth-order valence-corrected chi connectivity index (χ4v) is 1.95. The van der Waals surface area contributed by atoms with E-state index in [2.05, 4.69) is 12.5 Å². The summed E-state index contributed by atoms with van der Waals surface area (Å²) in [6, 6.07) is 9.90. The monoisotopic (exact) mass is 304 g/mol. The molecular weight excluding hydrogens is 280 g/mol. The highest BCUT2D eigenvalue weighted by Gasteiger charge is 2.25. The average Bonchev–Trinajstić information content (AvgIpc) is 2.54. The Balaban J connectivity index is 2.22. The topological polar surface area (TPSA) is 58.9 Å². The molecule has 2 N–H and O–H groups in total. The molecule has 0 radical (unpaired) electrons. The van der Waals surface area contributed by atoms with Gasteiger partial charge in [0, 0.05) is 19.6 Å². The number of hydrogen-bond acceptors (Lipinski definition) is 4. The maximum absolute atomic E-state index is 9.86. The Hall–Kier alpha value is -1.64. The summed E-state index contributed by atoms with van der Waals surface area (Å²) < 4.78 is 11.1. The van der Waals surface area contributed by atoms with E-state index in [4.69, 9.17) is 15.9 Å². The van der Waals surface area contributed by atoms with E-state index in [1.54, 1.807) is 0 Å². The van der Waals surface area contributed by atoms with Gasteiger partial charge in [0.25, 0.3) is 0 Å². The molecule has 0 aliphatic rings. The van der Waals surface area contributed by atoms with Crippen LogP contribution in [0.5, 0.6) is 0 Å². The third-order valence-corrected chi connectivity index (χ3v) is 3.14. The van der Waals surface area contributed by atoms with Crippen molar-refractivity contribution in [3.8, 4) is 12.3 Å². The lowest BCUT2D eigenvalue weighted by atomic mass is 10.1. The summed E-state index contributed by atoms with van der Waals surface area (Å²) in [6.45, 7) is 4.96. The van der Waals surface area contributed by atoms with Crippen molar-refractivity contribution in [3.63, 3.8) is 0 Å². The number of terminal acetylenes is 1. The average molecular weight is 304 g/mol. The lowest BCUT2D eigenvalue weighted by molar-refractivity contribution is -0.0871. The Bertz CT molecular complexity index is 452. The normalized spacial score (nSPS) is 14.8. The van der Waals surface area contributed by atoms with Gasteiger partial charge in [0.2, 0.25) is 0 Å². The van der Waals surface area contributed by atoms with Gasteiger partial charge in [0.05, 0.1) is 12.7 Å². The van der Waals surface area contributed by atoms with Crippen molar-refractivity contribution in [2.24, 2.45) is 0 Å². The van der Waals surface area contributed by atoms with Gasteiger partial charge in [-0.2, -0.15) is 0 Å². The van der Waals surface area contributed by atoms with Gasteiger partial charge in [0.1, 0.15) is 12.2 Å². The van der Waals surface area contributed by atoms with E-state index in [0.29, 0.717) is 26.2 Å². The van der Waals surface area contributed by atoms with E-state index in [9.17, 15) is 10.2 Å². The minimum Gasteiger partial charge on any atom is -0.389 e. The smallest absolute Gasteiger partial charge is 0.114 e. The van der Waals surface area contributed by atoms with Gasteiger partial charge in [0.15, 0.2) is 0 Å². The molecule has 1 aromatic carbocycles. The second-order valence-corrected chi connectivity index (χ2v) is 4.93. The van der Waals surface area contributed by atoms with Crippen molar-refractivity contribution >= 4 is 0 Å². The van der Waals surface area contributed by atoms with Crippen LogP contribution in [0.4, 0.5) is 0 Å². The number of aliphatic hydroxyl groups is 2. The first-order chi connectivity index (χ1) is 10.7. The first kappa shape index (κ1) is 18.4. The van der Waals surface area contributed by atoms with Crippen LogP contribution in [0.1, 0.15) is 18.4 Å². The van der Waals surface area contributed by atoms with Gasteiger partial charge in [-0.1, -0.05) is 36.4 Å². The molecule has 0 fully saturated rings. The molecule has 0 heterocycles. The van der Waals surface area contributed by atoms with Gasteiger partial charge < -0.3 is 19.7 Å². The Labute approximate surface area is 132 Å². The summed E-state index contributed by atoms with van der Waals surface area (Å²) in [5.41, 5.74) is 1.12. The zero-order chi connectivity index (χ0) is 16.2. The summed E-state index contributed by atoms with van der Waals surface area (Å²) in [7, 11) is 0. The Morgan fingerprint density at radius 2 is 1.95 bits per heavy atom. The molecule has 0 saturated heterocycles. The molecule has 120 valence electrons. The molecule has 0 spiro atoms. The Morgan fingerprint density at radius 3 is 2.59 bits per heavy atom. The minimum atomic E-state index is -0.950. The van der Waals surface area contributed by atoms with Gasteiger partial charge in [-0.25, -0.2) is 0 Å². The molecule has 0 unspecified atom stereocenters. The fourth-order valence-electron chi connectivity index (χ4n) is 1.95. The number of rotatable bonds is 11. The zero-order valence-corrected chi connectivity index (χ0v) is 12.7. The van der Waals surface area contributed by atoms with E-state index in [-0.39, 0.29) is 6.42 Å². The van der Waals surface area contributed by atoms with E-state index in [1.807, 2.05) is 30.3 Å². The highest BCUT2D eigenvalue weighted by Crippen LogP contribution is 2.10. The summed E-state index contributed by atoms with van der Waals surface area (Å²) in [5.74, 6) is 2.36. The van der Waals surface area contributed by atoms with Crippen molar-refractivity contribution in [2.45, 2.75) is 37.8 Å². The first-order valence-electron chi connectivity index (χ1n) is 7.34. The van der Waals surface area contributed by atoms with E-state index < -0.39 is 18.3 Å². The highest BCUT2D eigenvalue weighted by molar-refractivity contribution is 5.13. The van der Waals surface area contributed by atoms with Gasteiger partial charge in [-0.05, 0) is 12.0 Å². The first-order valence-corrected chi connectivity index (χ1v) is 7.34. The number of benzene rings is 1. The summed E-state index contributed by atoms with van der Waals surface area (Å²) >= 11 is 0. The van der Waals surface area contributed by atoms with Crippen molar-refractivity contribution < 1.29 is 19.7 Å². The molecule has 4 nitrogen and oxygen atoms in total. The van der Waals surface area contributed by atoms with Crippen LogP contribution in [0, 0.1) is 12.3 Å². The molecule has 1 rings (SSSR count). The van der Waals surface area contributed by atoms with Gasteiger partial charge >= 0.3 is 0 Å². The third-order valence-electron chi connectivity index (χ3n) is 3.14. The van der Waals surface area contributed by atoms with Gasteiger partial charge in [-0.3, -0.25) is 0 Å². The minimum absolute atomic E-state index is 0.125. The van der Waals surface area contributed by atoms with E-state index >= 15 is 0 Å². The molecule has 0 aliphatic carbocycles. The standard InChI is InChI=1S/C18H24O4/c1-3-9-17(20)18(16(19)4-2)22-13-8-12-21-14-15-10-6-5-7-11-15/h1,4-7,10-11,16-20H,2,8-9,12-14H2/t16-,17-,18+/m1/s1. The molecule has 0 aliphatic heterocycles. The molecule has 3 atom stereocenters. The molecule has 0 saturated carbocycles. The van der Waals surface area contributed by atoms with Crippen LogP contribution in [0.3, 0.4) is 0 Å². The van der Waals surface area contributed by atoms with Crippen LogP contribution < -0.4 is 0 Å². The number of hydrogen-bond donors (Lipinski definition) is 2.